The number of hydrogen-bond acceptors (Lipinski definition) is 6. The molecule has 2 aromatic carbocycles. The Morgan fingerprint density at radius 1 is 0.760 bits per heavy atom. The van der Waals surface area contributed by atoms with Gasteiger partial charge in [-0.1, -0.05) is 0 Å². The SMILES string of the molecule is O=C(O)c1ccccc1[N+](=O)[O][Pb][O][N+](=O)c1ccccc1C(=O)O. The van der Waals surface area contributed by atoms with Crippen LogP contribution in [0.4, 0.5) is 11.4 Å². The van der Waals surface area contributed by atoms with E-state index in [9.17, 15) is 19.4 Å². The molecule has 0 aliphatic carbocycles. The van der Waals surface area contributed by atoms with E-state index in [1.54, 1.807) is 0 Å². The van der Waals surface area contributed by atoms with Gasteiger partial charge in [0, 0.05) is 0 Å². The van der Waals surface area contributed by atoms with Gasteiger partial charge >= 0.3 is 153 Å². The summed E-state index contributed by atoms with van der Waals surface area (Å²) < 4.78 is 9.62. The van der Waals surface area contributed by atoms with Gasteiger partial charge in [0.25, 0.3) is 0 Å². The molecule has 10 nitrogen and oxygen atoms in total. The number of hydrogen-bond donors (Lipinski definition) is 2. The topological polar surface area (TPSA) is 133 Å². The summed E-state index contributed by atoms with van der Waals surface area (Å²) in [5.74, 6) is -2.62. The van der Waals surface area contributed by atoms with E-state index < -0.39 is 37.1 Å². The summed E-state index contributed by atoms with van der Waals surface area (Å²) in [6.45, 7) is 0. The van der Waals surface area contributed by atoms with E-state index in [1.165, 1.54) is 48.5 Å². The van der Waals surface area contributed by atoms with E-state index in [0.29, 0.717) is 0 Å². The van der Waals surface area contributed by atoms with E-state index in [1.807, 2.05) is 0 Å². The van der Waals surface area contributed by atoms with E-state index in [2.05, 4.69) is 0 Å². The van der Waals surface area contributed by atoms with E-state index in [-0.39, 0.29) is 32.3 Å². The molecule has 11 heteroatoms. The summed E-state index contributed by atoms with van der Waals surface area (Å²) in [5.41, 5.74) is -1.02. The van der Waals surface area contributed by atoms with Crippen LogP contribution in [0.1, 0.15) is 20.7 Å². The average Bonchev–Trinajstić information content (AvgIpc) is 2.61. The minimum absolute atomic E-state index is 0.0243. The fraction of sp³-hybridized carbons (Fsp3) is 0. The van der Waals surface area contributed by atoms with Crippen LogP contribution in [0.5, 0.6) is 0 Å². The van der Waals surface area contributed by atoms with Crippen LogP contribution in [-0.2, 0) is 5.58 Å². The molecule has 0 heterocycles. The van der Waals surface area contributed by atoms with Crippen molar-refractivity contribution in [2.45, 2.75) is 0 Å². The molecule has 0 aromatic heterocycles. The first kappa shape index (κ1) is 18.4. The first-order valence-electron chi connectivity index (χ1n) is 6.60. The zero-order valence-corrected chi connectivity index (χ0v) is 16.2. The van der Waals surface area contributed by atoms with Gasteiger partial charge in [0.2, 0.25) is 0 Å². The molecule has 25 heavy (non-hydrogen) atoms. The molecule has 126 valence electrons. The van der Waals surface area contributed by atoms with Gasteiger partial charge in [0.05, 0.1) is 0 Å². The molecular formula is C14H10N2O8Pb+2. The molecule has 0 atom stereocenters. The molecule has 0 amide bonds. The first-order chi connectivity index (χ1) is 11.9. The predicted octanol–water partition coefficient (Wildman–Crippen LogP) is 2.00. The molecule has 0 aliphatic heterocycles. The van der Waals surface area contributed by atoms with Crippen molar-refractivity contribution < 1.29 is 35.2 Å². The van der Waals surface area contributed by atoms with Gasteiger partial charge in [-0.3, -0.25) is 0 Å². The van der Waals surface area contributed by atoms with Crippen LogP contribution >= 0.6 is 0 Å². The minimum atomic E-state index is -2.75. The Hall–Kier alpha value is -2.90. The van der Waals surface area contributed by atoms with Crippen LogP contribution in [0.25, 0.3) is 0 Å². The summed E-state index contributed by atoms with van der Waals surface area (Å²) in [4.78, 5) is 45.7. The molecule has 2 radical (unpaired) electrons. The average molecular weight is 541 g/mol. The Morgan fingerprint density at radius 2 is 1.12 bits per heavy atom. The van der Waals surface area contributed by atoms with Crippen molar-refractivity contribution >= 4 is 48.5 Å². The van der Waals surface area contributed by atoms with Crippen LogP contribution in [0.15, 0.2) is 48.5 Å². The van der Waals surface area contributed by atoms with Gasteiger partial charge in [-0.05, 0) is 0 Å². The van der Waals surface area contributed by atoms with Crippen LogP contribution in [0, 0.1) is 9.81 Å². The Balaban J connectivity index is 2.02. The van der Waals surface area contributed by atoms with Crippen molar-refractivity contribution in [3.05, 3.63) is 69.5 Å². The van der Waals surface area contributed by atoms with Crippen molar-refractivity contribution in [3.8, 4) is 0 Å². The molecular weight excluding hydrogens is 531 g/mol. The van der Waals surface area contributed by atoms with Crippen molar-refractivity contribution in [2.75, 3.05) is 0 Å². The second-order valence-corrected chi connectivity index (χ2v) is 6.49. The van der Waals surface area contributed by atoms with Crippen LogP contribution in [0.3, 0.4) is 0 Å². The number of carboxylic acid groups (broad SMARTS) is 2. The molecule has 2 N–H and O–H groups in total. The third-order valence-electron chi connectivity index (χ3n) is 2.90. The predicted molar refractivity (Wildman–Crippen MR) is 81.3 cm³/mol. The second kappa shape index (κ2) is 8.27. The standard InChI is InChI=1S/2C7H5NO4.Pb/c2*9-7(10)5-3-1-2-4-6(5)8(11)12;/h2*1-4H,(H,9,10);/q;;+2. The summed E-state index contributed by atoms with van der Waals surface area (Å²) in [5, 5.41) is 18.0. The van der Waals surface area contributed by atoms with E-state index in [0.717, 1.165) is 0 Å². The molecule has 0 saturated heterocycles. The Bertz CT molecular complexity index is 785. The van der Waals surface area contributed by atoms with Crippen LogP contribution in [0.2, 0.25) is 0 Å². The molecule has 0 spiro atoms. The maximum absolute atomic E-state index is 11.8. The van der Waals surface area contributed by atoms with Crippen molar-refractivity contribution in [2.24, 2.45) is 0 Å². The Kier molecular flexibility index (Phi) is 6.10. The van der Waals surface area contributed by atoms with Crippen LogP contribution in [-0.4, -0.2) is 57.1 Å². The summed E-state index contributed by atoms with van der Waals surface area (Å²) in [6, 6.07) is 10.7. The number of para-hydroxylation sites is 2. The molecule has 0 saturated carbocycles. The number of nitrogens with zero attached hydrogens (tertiary/aromatic N) is 2. The Labute approximate surface area is 153 Å². The van der Waals surface area contributed by atoms with E-state index >= 15 is 0 Å². The Morgan fingerprint density at radius 3 is 1.48 bits per heavy atom. The number of benzene rings is 2. The third kappa shape index (κ3) is 4.56. The number of carboxylic acids is 2. The fourth-order valence-electron chi connectivity index (χ4n) is 1.81. The molecule has 0 unspecified atom stereocenters. The van der Waals surface area contributed by atoms with Crippen molar-refractivity contribution in [1.29, 1.82) is 0 Å². The van der Waals surface area contributed by atoms with Crippen molar-refractivity contribution in [1.82, 2.24) is 0 Å². The summed E-state index contributed by atoms with van der Waals surface area (Å²) >= 11 is -2.75. The van der Waals surface area contributed by atoms with E-state index in [4.69, 9.17) is 15.8 Å². The summed E-state index contributed by atoms with van der Waals surface area (Å²) in [7, 11) is 0. The number of carbonyl (C=O) groups is 2. The quantitative estimate of drug-likeness (QED) is 0.383. The normalized spacial score (nSPS) is 9.92. The first-order valence-corrected chi connectivity index (χ1v) is 9.77. The van der Waals surface area contributed by atoms with Crippen LogP contribution < -0.4 is 0 Å². The molecule has 0 aliphatic rings. The van der Waals surface area contributed by atoms with Gasteiger partial charge in [-0.2, -0.15) is 0 Å². The van der Waals surface area contributed by atoms with Gasteiger partial charge in [-0.15, -0.1) is 0 Å². The van der Waals surface area contributed by atoms with Gasteiger partial charge in [-0.25, -0.2) is 0 Å². The fourth-order valence-corrected chi connectivity index (χ4v) is 3.23. The molecule has 0 fully saturated rings. The zero-order valence-electron chi connectivity index (χ0n) is 12.4. The maximum atomic E-state index is 11.8. The van der Waals surface area contributed by atoms with Crippen molar-refractivity contribution in [3.63, 3.8) is 0 Å². The number of aromatic carboxylic acids is 2. The van der Waals surface area contributed by atoms with Gasteiger partial charge in [0.15, 0.2) is 0 Å². The van der Waals surface area contributed by atoms with Gasteiger partial charge < -0.3 is 0 Å². The summed E-state index contributed by atoms with van der Waals surface area (Å²) in [6.07, 6.45) is 0. The molecule has 2 aromatic rings. The monoisotopic (exact) mass is 542 g/mol. The number of rotatable bonds is 8. The molecule has 2 rings (SSSR count). The molecule has 0 bridgehead atoms. The second-order valence-electron chi connectivity index (χ2n) is 4.42. The zero-order chi connectivity index (χ0) is 18.4. The van der Waals surface area contributed by atoms with Gasteiger partial charge in [0.1, 0.15) is 0 Å². The third-order valence-corrected chi connectivity index (χ3v) is 4.77.